The van der Waals surface area contributed by atoms with E-state index in [-0.39, 0.29) is 20.1 Å². The van der Waals surface area contributed by atoms with Crippen LogP contribution in [0.15, 0.2) is 30.5 Å². The van der Waals surface area contributed by atoms with Gasteiger partial charge < -0.3 is 0 Å². The molecule has 0 atom stereocenters. The Morgan fingerprint density at radius 1 is 1.47 bits per heavy atom. The summed E-state index contributed by atoms with van der Waals surface area (Å²) in [5.41, 5.74) is 2.44. The van der Waals surface area contributed by atoms with Crippen molar-refractivity contribution in [3.05, 3.63) is 47.8 Å². The normalized spacial score (nSPS) is 9.07. The summed E-state index contributed by atoms with van der Waals surface area (Å²) >= 11 is 0. The van der Waals surface area contributed by atoms with Crippen molar-refractivity contribution in [3.8, 4) is 11.8 Å². The van der Waals surface area contributed by atoms with Gasteiger partial charge in [0.1, 0.15) is 11.8 Å². The quantitative estimate of drug-likeness (QED) is 0.715. The van der Waals surface area contributed by atoms with Crippen LogP contribution < -0.4 is 0 Å². The summed E-state index contributed by atoms with van der Waals surface area (Å²) in [5.74, 6) is 0. The number of hydrogen-bond acceptors (Lipinski definition) is 2. The largest absolute Gasteiger partial charge is 0.248 e. The van der Waals surface area contributed by atoms with Gasteiger partial charge in [0.25, 0.3) is 0 Å². The summed E-state index contributed by atoms with van der Waals surface area (Å²) in [7, 11) is 0. The molecule has 0 N–H and O–H groups in total. The standard InChI is InChI=1S/C11H8N3.Ir/c1-9-3-2-4-10(7-9)14-11(8-12)5-6-13-14;/h2-3,5-7H,1H3;/q-1;. The predicted molar refractivity (Wildman–Crippen MR) is 51.9 cm³/mol. The minimum atomic E-state index is 0. The third kappa shape index (κ3) is 2.33. The fourth-order valence-electron chi connectivity index (χ4n) is 1.27. The van der Waals surface area contributed by atoms with Gasteiger partial charge >= 0.3 is 0 Å². The molecule has 4 heteroatoms. The van der Waals surface area contributed by atoms with Crippen molar-refractivity contribution in [2.24, 2.45) is 0 Å². The van der Waals surface area contributed by atoms with Crippen molar-refractivity contribution < 1.29 is 20.1 Å². The third-order valence-electron chi connectivity index (χ3n) is 1.93. The summed E-state index contributed by atoms with van der Waals surface area (Å²) in [6, 6.07) is 12.5. The van der Waals surface area contributed by atoms with Crippen molar-refractivity contribution in [3.63, 3.8) is 0 Å². The van der Waals surface area contributed by atoms with Gasteiger partial charge in [0.2, 0.25) is 0 Å². The Bertz CT molecular complexity index is 497. The summed E-state index contributed by atoms with van der Waals surface area (Å²) in [4.78, 5) is 0. The fraction of sp³-hybridized carbons (Fsp3) is 0.0909. The van der Waals surface area contributed by atoms with Crippen LogP contribution in [-0.2, 0) is 20.1 Å². The minimum Gasteiger partial charge on any atom is -0.248 e. The molecule has 0 amide bonds. The first-order valence-electron chi connectivity index (χ1n) is 4.24. The van der Waals surface area contributed by atoms with E-state index < -0.39 is 0 Å². The van der Waals surface area contributed by atoms with Crippen LogP contribution in [-0.4, -0.2) is 9.78 Å². The van der Waals surface area contributed by atoms with Gasteiger partial charge in [-0.3, -0.25) is 0 Å². The van der Waals surface area contributed by atoms with E-state index in [1.807, 2.05) is 25.1 Å². The first kappa shape index (κ1) is 11.6. The van der Waals surface area contributed by atoms with Crippen LogP contribution in [0.1, 0.15) is 11.3 Å². The molecule has 0 aliphatic heterocycles. The van der Waals surface area contributed by atoms with E-state index in [4.69, 9.17) is 5.26 Å². The van der Waals surface area contributed by atoms with E-state index in [0.29, 0.717) is 5.69 Å². The van der Waals surface area contributed by atoms with E-state index in [1.165, 1.54) is 0 Å². The Morgan fingerprint density at radius 2 is 2.27 bits per heavy atom. The maximum Gasteiger partial charge on any atom is 0.141 e. The van der Waals surface area contributed by atoms with E-state index in [2.05, 4.69) is 17.2 Å². The molecule has 15 heavy (non-hydrogen) atoms. The molecule has 0 bridgehead atoms. The van der Waals surface area contributed by atoms with Gasteiger partial charge in [-0.15, -0.1) is 6.07 Å². The van der Waals surface area contributed by atoms with Crippen molar-refractivity contribution in [2.75, 3.05) is 0 Å². The Hall–Kier alpha value is -1.43. The van der Waals surface area contributed by atoms with Gasteiger partial charge in [0.15, 0.2) is 0 Å². The van der Waals surface area contributed by atoms with Crippen LogP contribution in [0.25, 0.3) is 5.69 Å². The first-order chi connectivity index (χ1) is 6.81. The Kier molecular flexibility index (Phi) is 3.79. The summed E-state index contributed by atoms with van der Waals surface area (Å²) in [5, 5.41) is 12.9. The maximum atomic E-state index is 8.81. The van der Waals surface area contributed by atoms with E-state index in [0.717, 1.165) is 11.3 Å². The topological polar surface area (TPSA) is 41.6 Å². The van der Waals surface area contributed by atoms with Crippen molar-refractivity contribution >= 4 is 0 Å². The molecular weight excluding hydrogens is 366 g/mol. The molecule has 0 spiro atoms. The van der Waals surface area contributed by atoms with Crippen LogP contribution in [0, 0.1) is 24.3 Å². The zero-order chi connectivity index (χ0) is 9.97. The molecule has 77 valence electrons. The first-order valence-corrected chi connectivity index (χ1v) is 4.24. The number of aromatic nitrogens is 2. The average molecular weight is 374 g/mol. The van der Waals surface area contributed by atoms with Crippen LogP contribution in [0.4, 0.5) is 0 Å². The molecule has 0 fully saturated rings. The Morgan fingerprint density at radius 3 is 2.93 bits per heavy atom. The number of rotatable bonds is 1. The van der Waals surface area contributed by atoms with E-state index in [1.54, 1.807) is 16.9 Å². The molecular formula is C11H8IrN3-. The molecule has 1 aromatic carbocycles. The van der Waals surface area contributed by atoms with Crippen LogP contribution >= 0.6 is 0 Å². The van der Waals surface area contributed by atoms with Crippen molar-refractivity contribution in [2.45, 2.75) is 6.92 Å². The number of aryl methyl sites for hydroxylation is 1. The monoisotopic (exact) mass is 375 g/mol. The second-order valence-electron chi connectivity index (χ2n) is 2.99. The van der Waals surface area contributed by atoms with Crippen LogP contribution in [0.2, 0.25) is 0 Å². The number of nitriles is 1. The molecule has 3 nitrogen and oxygen atoms in total. The van der Waals surface area contributed by atoms with Gasteiger partial charge in [-0.25, -0.2) is 4.68 Å². The van der Waals surface area contributed by atoms with Crippen LogP contribution in [0.5, 0.6) is 0 Å². The van der Waals surface area contributed by atoms with E-state index >= 15 is 0 Å². The second-order valence-corrected chi connectivity index (χ2v) is 2.99. The molecule has 0 saturated heterocycles. The Labute approximate surface area is 102 Å². The van der Waals surface area contributed by atoms with Crippen molar-refractivity contribution in [1.29, 1.82) is 5.26 Å². The smallest absolute Gasteiger partial charge is 0.141 e. The van der Waals surface area contributed by atoms with E-state index in [9.17, 15) is 0 Å². The molecule has 2 aromatic rings. The summed E-state index contributed by atoms with van der Waals surface area (Å²) < 4.78 is 1.58. The van der Waals surface area contributed by atoms with Gasteiger partial charge in [-0.05, 0) is 11.8 Å². The van der Waals surface area contributed by atoms with Gasteiger partial charge in [-0.1, -0.05) is 6.92 Å². The maximum absolute atomic E-state index is 8.81. The zero-order valence-electron chi connectivity index (χ0n) is 8.06. The Balaban J connectivity index is 0.00000112. The summed E-state index contributed by atoms with van der Waals surface area (Å²) in [6.07, 6.45) is 1.61. The predicted octanol–water partition coefficient (Wildman–Crippen LogP) is 1.85. The molecule has 0 saturated carbocycles. The van der Waals surface area contributed by atoms with Crippen LogP contribution in [0.3, 0.4) is 0 Å². The third-order valence-corrected chi connectivity index (χ3v) is 1.93. The molecule has 1 aromatic heterocycles. The van der Waals surface area contributed by atoms with Gasteiger partial charge in [0.05, 0.1) is 6.20 Å². The number of hydrogen-bond donors (Lipinski definition) is 0. The average Bonchev–Trinajstić information content (AvgIpc) is 2.65. The number of nitrogens with zero attached hydrogens (tertiary/aromatic N) is 3. The molecule has 0 aliphatic carbocycles. The molecule has 0 aliphatic rings. The van der Waals surface area contributed by atoms with Crippen molar-refractivity contribution in [1.82, 2.24) is 9.78 Å². The SMILES string of the molecule is Cc1cc[c-]c(-n2nccc2C#N)c1.[Ir]. The molecule has 2 rings (SSSR count). The fourth-order valence-corrected chi connectivity index (χ4v) is 1.27. The van der Waals surface area contributed by atoms with Gasteiger partial charge in [0, 0.05) is 20.1 Å². The molecule has 0 unspecified atom stereocenters. The minimum absolute atomic E-state index is 0. The molecule has 1 radical (unpaired) electrons. The second kappa shape index (κ2) is 4.88. The number of benzene rings is 1. The molecule has 1 heterocycles. The zero-order valence-corrected chi connectivity index (χ0v) is 10.5. The summed E-state index contributed by atoms with van der Waals surface area (Å²) in [6.45, 7) is 1.99. The van der Waals surface area contributed by atoms with Gasteiger partial charge in [-0.2, -0.15) is 34.1 Å².